The normalized spacial score (nSPS) is 17.2. The van der Waals surface area contributed by atoms with Gasteiger partial charge in [0, 0.05) is 24.3 Å². The highest BCUT2D eigenvalue weighted by molar-refractivity contribution is 6.06. The molecule has 2 heterocycles. The molecule has 0 saturated heterocycles. The van der Waals surface area contributed by atoms with Gasteiger partial charge >= 0.3 is 5.69 Å². The van der Waals surface area contributed by atoms with Crippen LogP contribution in [0, 0.1) is 0 Å². The Morgan fingerprint density at radius 1 is 1.40 bits per heavy atom. The number of hydrogen-bond donors (Lipinski definition) is 3. The maximum Gasteiger partial charge on any atom is 0.323 e. The van der Waals surface area contributed by atoms with E-state index in [1.165, 1.54) is 6.20 Å². The van der Waals surface area contributed by atoms with Crippen molar-refractivity contribution in [2.24, 2.45) is 5.73 Å². The second-order valence-corrected chi connectivity index (χ2v) is 4.91. The molecule has 0 aliphatic carbocycles. The lowest BCUT2D eigenvalue weighted by Gasteiger charge is -2.16. The molecule has 104 valence electrons. The van der Waals surface area contributed by atoms with E-state index >= 15 is 0 Å². The average Bonchev–Trinajstić information content (AvgIpc) is 3.04. The third-order valence-corrected chi connectivity index (χ3v) is 3.66. The summed E-state index contributed by atoms with van der Waals surface area (Å²) in [4.78, 5) is 30.3. The van der Waals surface area contributed by atoms with Gasteiger partial charge in [-0.25, -0.2) is 4.79 Å². The summed E-state index contributed by atoms with van der Waals surface area (Å²) in [6.45, 7) is 1.19. The van der Waals surface area contributed by atoms with Gasteiger partial charge < -0.3 is 20.6 Å². The fraction of sp³-hybridized carbons (Fsp3) is 0.286. The second kappa shape index (κ2) is 4.97. The van der Waals surface area contributed by atoms with Crippen LogP contribution in [0.1, 0.15) is 28.4 Å². The summed E-state index contributed by atoms with van der Waals surface area (Å²) in [5, 5.41) is 0. The third-order valence-electron chi connectivity index (χ3n) is 3.66. The minimum Gasteiger partial charge on any atom is -0.330 e. The first-order valence-electron chi connectivity index (χ1n) is 6.59. The van der Waals surface area contributed by atoms with Gasteiger partial charge in [-0.3, -0.25) is 4.79 Å². The third kappa shape index (κ3) is 2.04. The van der Waals surface area contributed by atoms with Crippen LogP contribution in [-0.2, 0) is 0 Å². The van der Waals surface area contributed by atoms with Crippen molar-refractivity contribution in [1.82, 2.24) is 9.97 Å². The van der Waals surface area contributed by atoms with Crippen LogP contribution in [0.3, 0.4) is 0 Å². The van der Waals surface area contributed by atoms with Crippen molar-refractivity contribution in [1.29, 1.82) is 0 Å². The summed E-state index contributed by atoms with van der Waals surface area (Å²) in [5.74, 6) is 0.0566. The van der Waals surface area contributed by atoms with Gasteiger partial charge in [-0.2, -0.15) is 0 Å². The number of anilines is 1. The molecule has 1 unspecified atom stereocenters. The predicted octanol–water partition coefficient (Wildman–Crippen LogP) is 0.796. The van der Waals surface area contributed by atoms with Gasteiger partial charge in [0.25, 0.3) is 5.91 Å². The van der Waals surface area contributed by atoms with Gasteiger partial charge in [-0.1, -0.05) is 18.2 Å². The van der Waals surface area contributed by atoms with E-state index in [9.17, 15) is 9.59 Å². The highest BCUT2D eigenvalue weighted by Gasteiger charge is 2.32. The van der Waals surface area contributed by atoms with Gasteiger partial charge in [0.2, 0.25) is 0 Å². The number of nitrogens with zero attached hydrogens (tertiary/aromatic N) is 1. The molecule has 0 radical (unpaired) electrons. The van der Waals surface area contributed by atoms with E-state index in [0.717, 1.165) is 17.7 Å². The van der Waals surface area contributed by atoms with Gasteiger partial charge in [0.1, 0.15) is 5.69 Å². The Bertz CT molecular complexity index is 688. The van der Waals surface area contributed by atoms with Crippen LogP contribution in [0.5, 0.6) is 0 Å². The largest absolute Gasteiger partial charge is 0.330 e. The number of imidazole rings is 1. The molecule has 1 amide bonds. The first kappa shape index (κ1) is 12.7. The van der Waals surface area contributed by atoms with E-state index in [-0.39, 0.29) is 23.2 Å². The molecule has 1 atom stereocenters. The van der Waals surface area contributed by atoms with Crippen LogP contribution < -0.4 is 16.3 Å². The molecule has 1 aliphatic rings. The van der Waals surface area contributed by atoms with E-state index in [4.69, 9.17) is 5.73 Å². The number of para-hydroxylation sites is 1. The fourth-order valence-corrected chi connectivity index (χ4v) is 2.73. The average molecular weight is 272 g/mol. The van der Waals surface area contributed by atoms with Crippen molar-refractivity contribution in [2.45, 2.75) is 12.3 Å². The van der Waals surface area contributed by atoms with Crippen molar-refractivity contribution in [3.05, 3.63) is 52.2 Å². The summed E-state index contributed by atoms with van der Waals surface area (Å²) in [5.41, 5.74) is 7.59. The molecular formula is C14H16N4O2. The molecule has 6 heteroatoms. The lowest BCUT2D eigenvalue weighted by atomic mass is 9.98. The SMILES string of the molecule is NCCC1CN(C(=O)c2c[nH]c(=O)[nH]2)c2ccccc21. The standard InChI is InChI=1S/C14H16N4O2/c15-6-5-9-8-18(12-4-2-1-3-10(9)12)13(19)11-7-16-14(20)17-11/h1-4,7,9H,5-6,8,15H2,(H2,16,17,20). The predicted molar refractivity (Wildman–Crippen MR) is 75.9 cm³/mol. The van der Waals surface area contributed by atoms with Crippen LogP contribution in [0.2, 0.25) is 0 Å². The highest BCUT2D eigenvalue weighted by atomic mass is 16.2. The number of rotatable bonds is 3. The molecule has 2 aromatic rings. The summed E-state index contributed by atoms with van der Waals surface area (Å²) < 4.78 is 0. The molecule has 3 rings (SSSR count). The molecule has 1 aliphatic heterocycles. The van der Waals surface area contributed by atoms with Crippen molar-refractivity contribution in [3.63, 3.8) is 0 Å². The number of aromatic nitrogens is 2. The lowest BCUT2D eigenvalue weighted by molar-refractivity contribution is 0.0983. The summed E-state index contributed by atoms with van der Waals surface area (Å²) in [6, 6.07) is 7.83. The zero-order valence-corrected chi connectivity index (χ0v) is 10.9. The Morgan fingerprint density at radius 2 is 2.20 bits per heavy atom. The van der Waals surface area contributed by atoms with E-state index in [0.29, 0.717) is 13.1 Å². The molecule has 20 heavy (non-hydrogen) atoms. The van der Waals surface area contributed by atoms with Crippen LogP contribution in [0.15, 0.2) is 35.3 Å². The second-order valence-electron chi connectivity index (χ2n) is 4.91. The molecule has 6 nitrogen and oxygen atoms in total. The number of carbonyl (C=O) groups is 1. The lowest BCUT2D eigenvalue weighted by Crippen LogP contribution is -2.30. The molecule has 4 N–H and O–H groups in total. The van der Waals surface area contributed by atoms with Crippen LogP contribution >= 0.6 is 0 Å². The van der Waals surface area contributed by atoms with E-state index in [1.807, 2.05) is 24.3 Å². The summed E-state index contributed by atoms with van der Waals surface area (Å²) >= 11 is 0. The zero-order chi connectivity index (χ0) is 14.1. The highest BCUT2D eigenvalue weighted by Crippen LogP contribution is 2.38. The number of nitrogens with one attached hydrogen (secondary N) is 2. The number of carbonyl (C=O) groups excluding carboxylic acids is 1. The Hall–Kier alpha value is -2.34. The Balaban J connectivity index is 1.95. The Morgan fingerprint density at radius 3 is 2.90 bits per heavy atom. The topological polar surface area (TPSA) is 95.0 Å². The minimum atomic E-state index is -0.376. The van der Waals surface area contributed by atoms with E-state index < -0.39 is 0 Å². The van der Waals surface area contributed by atoms with Gasteiger partial charge in [-0.15, -0.1) is 0 Å². The first-order valence-corrected chi connectivity index (χ1v) is 6.59. The molecule has 0 fully saturated rings. The number of amides is 1. The number of hydrogen-bond acceptors (Lipinski definition) is 3. The Labute approximate surface area is 115 Å². The van der Waals surface area contributed by atoms with Crippen LogP contribution in [0.4, 0.5) is 5.69 Å². The number of nitrogens with two attached hydrogens (primary N) is 1. The molecule has 0 spiro atoms. The van der Waals surface area contributed by atoms with Crippen molar-refractivity contribution >= 4 is 11.6 Å². The first-order chi connectivity index (χ1) is 9.70. The maximum atomic E-state index is 12.5. The number of fused-ring (bicyclic) bond motifs is 1. The molecule has 0 bridgehead atoms. The zero-order valence-electron chi connectivity index (χ0n) is 10.9. The summed E-state index contributed by atoms with van der Waals surface area (Å²) in [7, 11) is 0. The van der Waals surface area contributed by atoms with E-state index in [2.05, 4.69) is 9.97 Å². The minimum absolute atomic E-state index is 0.199. The number of H-pyrrole nitrogens is 2. The number of aromatic amines is 2. The van der Waals surface area contributed by atoms with Gasteiger partial charge in [0.15, 0.2) is 0 Å². The quantitative estimate of drug-likeness (QED) is 0.771. The Kier molecular flexibility index (Phi) is 3.15. The smallest absolute Gasteiger partial charge is 0.323 e. The van der Waals surface area contributed by atoms with E-state index in [1.54, 1.807) is 4.90 Å². The van der Waals surface area contributed by atoms with Crippen LogP contribution in [-0.4, -0.2) is 29.0 Å². The van der Waals surface area contributed by atoms with Crippen molar-refractivity contribution in [2.75, 3.05) is 18.0 Å². The fourth-order valence-electron chi connectivity index (χ4n) is 2.73. The monoisotopic (exact) mass is 272 g/mol. The molecule has 1 aromatic heterocycles. The molecule has 0 saturated carbocycles. The molecule has 1 aromatic carbocycles. The molecular weight excluding hydrogens is 256 g/mol. The maximum absolute atomic E-state index is 12.5. The van der Waals surface area contributed by atoms with Crippen molar-refractivity contribution < 1.29 is 4.79 Å². The van der Waals surface area contributed by atoms with Crippen LogP contribution in [0.25, 0.3) is 0 Å². The van der Waals surface area contributed by atoms with Crippen molar-refractivity contribution in [3.8, 4) is 0 Å². The number of benzene rings is 1. The van der Waals surface area contributed by atoms with Gasteiger partial charge in [-0.05, 0) is 24.6 Å². The van der Waals surface area contributed by atoms with Gasteiger partial charge in [0.05, 0.1) is 0 Å². The summed E-state index contributed by atoms with van der Waals surface area (Å²) in [6.07, 6.45) is 2.24.